The Balaban J connectivity index is 2.51. The molecule has 2 aromatic rings. The fourth-order valence-corrected chi connectivity index (χ4v) is 1.00. The third kappa shape index (κ3) is 1.03. The molecule has 4 heteroatoms. The van der Waals surface area contributed by atoms with Gasteiger partial charge in [-0.15, -0.1) is 0 Å². The summed E-state index contributed by atoms with van der Waals surface area (Å²) >= 11 is 0. The van der Waals surface area contributed by atoms with Gasteiger partial charge in [-0.3, -0.25) is 0 Å². The van der Waals surface area contributed by atoms with Crippen LogP contribution in [0.4, 0.5) is 5.69 Å². The zero-order chi connectivity index (χ0) is 8.39. The second-order valence-electron chi connectivity index (χ2n) is 2.38. The molecule has 0 saturated carbocycles. The van der Waals surface area contributed by atoms with E-state index >= 15 is 0 Å². The van der Waals surface area contributed by atoms with E-state index in [1.165, 1.54) is 0 Å². The lowest BCUT2D eigenvalue weighted by Gasteiger charge is -1.95. The number of rotatable bonds is 1. The summed E-state index contributed by atoms with van der Waals surface area (Å²) in [4.78, 5) is 11.1. The molecule has 0 aliphatic carbocycles. The summed E-state index contributed by atoms with van der Waals surface area (Å²) in [5.74, 6) is 0.625. The molecular weight excluding hydrogens is 152 g/mol. The van der Waals surface area contributed by atoms with Gasteiger partial charge >= 0.3 is 0 Å². The van der Waals surface area contributed by atoms with Crippen LogP contribution in [-0.2, 0) is 0 Å². The first-order valence-electron chi connectivity index (χ1n) is 3.58. The van der Waals surface area contributed by atoms with Crippen molar-refractivity contribution in [1.29, 1.82) is 0 Å². The Labute approximate surface area is 69.5 Å². The standard InChI is InChI=1S/C8H8N4/c9-6-2-5-10-7(6)8-11-3-1-4-12-8/h1-5,10H,9H2. The Hall–Kier alpha value is -1.84. The Kier molecular flexibility index (Phi) is 1.51. The lowest BCUT2D eigenvalue weighted by molar-refractivity contribution is 1.15. The summed E-state index contributed by atoms with van der Waals surface area (Å²) in [7, 11) is 0. The number of hydrogen-bond acceptors (Lipinski definition) is 3. The first-order valence-corrected chi connectivity index (χ1v) is 3.58. The van der Waals surface area contributed by atoms with Crippen molar-refractivity contribution >= 4 is 5.69 Å². The smallest absolute Gasteiger partial charge is 0.178 e. The fraction of sp³-hybridized carbons (Fsp3) is 0. The summed E-state index contributed by atoms with van der Waals surface area (Å²) in [6, 6.07) is 3.55. The fourth-order valence-electron chi connectivity index (χ4n) is 1.00. The number of nitrogen functional groups attached to an aromatic ring is 1. The molecule has 0 saturated heterocycles. The zero-order valence-electron chi connectivity index (χ0n) is 6.36. The largest absolute Gasteiger partial charge is 0.397 e. The van der Waals surface area contributed by atoms with Gasteiger partial charge in [0.05, 0.1) is 5.69 Å². The molecule has 2 heterocycles. The highest BCUT2D eigenvalue weighted by Crippen LogP contribution is 2.18. The highest BCUT2D eigenvalue weighted by atomic mass is 14.9. The molecule has 0 amide bonds. The van der Waals surface area contributed by atoms with Crippen LogP contribution in [0, 0.1) is 0 Å². The number of aromatic amines is 1. The molecule has 12 heavy (non-hydrogen) atoms. The monoisotopic (exact) mass is 160 g/mol. The van der Waals surface area contributed by atoms with Gasteiger partial charge in [0, 0.05) is 18.6 Å². The first kappa shape index (κ1) is 6.84. The summed E-state index contributed by atoms with van der Waals surface area (Å²) in [6.45, 7) is 0. The van der Waals surface area contributed by atoms with Gasteiger partial charge in [-0.05, 0) is 12.1 Å². The SMILES string of the molecule is Nc1cc[nH]c1-c1ncccn1. The van der Waals surface area contributed by atoms with E-state index in [4.69, 9.17) is 5.73 Å². The molecule has 0 bridgehead atoms. The number of nitrogens with one attached hydrogen (secondary N) is 1. The number of H-pyrrole nitrogens is 1. The molecule has 0 aliphatic rings. The Morgan fingerprint density at radius 2 is 2.00 bits per heavy atom. The quantitative estimate of drug-likeness (QED) is 0.655. The number of hydrogen-bond donors (Lipinski definition) is 2. The molecular formula is C8H8N4. The second kappa shape index (κ2) is 2.65. The Morgan fingerprint density at radius 3 is 2.58 bits per heavy atom. The summed E-state index contributed by atoms with van der Waals surface area (Å²) in [5.41, 5.74) is 7.10. The van der Waals surface area contributed by atoms with E-state index in [9.17, 15) is 0 Å². The predicted octanol–water partition coefficient (Wildman–Crippen LogP) is 1.05. The van der Waals surface area contributed by atoms with Crippen LogP contribution < -0.4 is 5.73 Å². The van der Waals surface area contributed by atoms with Crippen molar-refractivity contribution < 1.29 is 0 Å². The predicted molar refractivity (Wildman–Crippen MR) is 46.2 cm³/mol. The van der Waals surface area contributed by atoms with Crippen LogP contribution >= 0.6 is 0 Å². The van der Waals surface area contributed by atoms with Crippen molar-refractivity contribution in [2.45, 2.75) is 0 Å². The number of aromatic nitrogens is 3. The summed E-state index contributed by atoms with van der Waals surface area (Å²) in [6.07, 6.45) is 5.13. The van der Waals surface area contributed by atoms with Crippen molar-refractivity contribution in [3.63, 3.8) is 0 Å². The third-order valence-electron chi connectivity index (χ3n) is 1.57. The minimum absolute atomic E-state index is 0.625. The molecule has 60 valence electrons. The van der Waals surface area contributed by atoms with Gasteiger partial charge in [-0.2, -0.15) is 0 Å². The maximum atomic E-state index is 5.66. The number of anilines is 1. The van der Waals surface area contributed by atoms with Crippen LogP contribution in [0.15, 0.2) is 30.7 Å². The van der Waals surface area contributed by atoms with E-state index in [2.05, 4.69) is 15.0 Å². The van der Waals surface area contributed by atoms with Gasteiger partial charge < -0.3 is 10.7 Å². The average molecular weight is 160 g/mol. The van der Waals surface area contributed by atoms with E-state index in [1.54, 1.807) is 30.7 Å². The first-order chi connectivity index (χ1) is 5.88. The van der Waals surface area contributed by atoms with E-state index in [-0.39, 0.29) is 0 Å². The number of nitrogens with two attached hydrogens (primary N) is 1. The van der Waals surface area contributed by atoms with Crippen LogP contribution in [0.3, 0.4) is 0 Å². The van der Waals surface area contributed by atoms with Gasteiger partial charge in [0.1, 0.15) is 5.69 Å². The minimum Gasteiger partial charge on any atom is -0.397 e. The van der Waals surface area contributed by atoms with Gasteiger partial charge in [0.2, 0.25) is 0 Å². The van der Waals surface area contributed by atoms with E-state index in [0.29, 0.717) is 11.5 Å². The molecule has 0 atom stereocenters. The van der Waals surface area contributed by atoms with E-state index in [0.717, 1.165) is 5.69 Å². The molecule has 0 unspecified atom stereocenters. The zero-order valence-corrected chi connectivity index (χ0v) is 6.36. The molecule has 0 radical (unpaired) electrons. The van der Waals surface area contributed by atoms with Crippen molar-refractivity contribution in [1.82, 2.24) is 15.0 Å². The normalized spacial score (nSPS) is 10.0. The van der Waals surface area contributed by atoms with Crippen LogP contribution in [0.5, 0.6) is 0 Å². The van der Waals surface area contributed by atoms with Crippen LogP contribution in [0.25, 0.3) is 11.5 Å². The van der Waals surface area contributed by atoms with Crippen LogP contribution in [-0.4, -0.2) is 15.0 Å². The van der Waals surface area contributed by atoms with Crippen molar-refractivity contribution in [2.24, 2.45) is 0 Å². The molecule has 0 fully saturated rings. The maximum absolute atomic E-state index is 5.66. The summed E-state index contributed by atoms with van der Waals surface area (Å²) in [5, 5.41) is 0. The topological polar surface area (TPSA) is 67.6 Å². The molecule has 0 spiro atoms. The molecule has 4 nitrogen and oxygen atoms in total. The van der Waals surface area contributed by atoms with Gasteiger partial charge in [0.15, 0.2) is 5.82 Å². The Morgan fingerprint density at radius 1 is 1.25 bits per heavy atom. The highest BCUT2D eigenvalue weighted by Gasteiger charge is 2.03. The molecule has 2 aromatic heterocycles. The van der Waals surface area contributed by atoms with Crippen molar-refractivity contribution in [3.8, 4) is 11.5 Å². The molecule has 0 aromatic carbocycles. The van der Waals surface area contributed by atoms with E-state index < -0.39 is 0 Å². The number of nitrogens with zero attached hydrogens (tertiary/aromatic N) is 2. The van der Waals surface area contributed by atoms with Gasteiger partial charge in [0.25, 0.3) is 0 Å². The van der Waals surface area contributed by atoms with Gasteiger partial charge in [-0.1, -0.05) is 0 Å². The summed E-state index contributed by atoms with van der Waals surface area (Å²) < 4.78 is 0. The van der Waals surface area contributed by atoms with Crippen LogP contribution in [0.1, 0.15) is 0 Å². The minimum atomic E-state index is 0.625. The van der Waals surface area contributed by atoms with E-state index in [1.807, 2.05) is 0 Å². The van der Waals surface area contributed by atoms with Gasteiger partial charge in [-0.25, -0.2) is 9.97 Å². The molecule has 2 rings (SSSR count). The molecule has 3 N–H and O–H groups in total. The van der Waals surface area contributed by atoms with Crippen LogP contribution in [0.2, 0.25) is 0 Å². The maximum Gasteiger partial charge on any atom is 0.178 e. The molecule has 0 aliphatic heterocycles. The Bertz CT molecular complexity index is 366. The van der Waals surface area contributed by atoms with Crippen molar-refractivity contribution in [3.05, 3.63) is 30.7 Å². The van der Waals surface area contributed by atoms with Crippen molar-refractivity contribution in [2.75, 3.05) is 5.73 Å². The second-order valence-corrected chi connectivity index (χ2v) is 2.38. The third-order valence-corrected chi connectivity index (χ3v) is 1.57. The lowest BCUT2D eigenvalue weighted by Crippen LogP contribution is -1.91. The highest BCUT2D eigenvalue weighted by molar-refractivity contribution is 5.67. The average Bonchev–Trinajstić information content (AvgIpc) is 2.53. The lowest BCUT2D eigenvalue weighted by atomic mass is 10.3.